The van der Waals surface area contributed by atoms with Gasteiger partial charge in [-0.1, -0.05) is 24.3 Å². The van der Waals surface area contributed by atoms with Crippen LogP contribution in [0.25, 0.3) is 0 Å². The molecule has 0 fully saturated rings. The SMILES string of the molecule is N#Cc1ccc(NC(=O)c2cnc(N3CCc4ccccc4C3)cn2)cc1. The molecule has 0 saturated heterocycles. The number of rotatable bonds is 3. The summed E-state index contributed by atoms with van der Waals surface area (Å²) < 4.78 is 0. The molecule has 1 aliphatic heterocycles. The van der Waals surface area contributed by atoms with Crippen molar-refractivity contribution in [3.8, 4) is 6.07 Å². The average Bonchev–Trinajstić information content (AvgIpc) is 2.74. The number of aromatic nitrogens is 2. The molecule has 0 radical (unpaired) electrons. The molecule has 3 aromatic rings. The molecule has 1 aromatic heterocycles. The van der Waals surface area contributed by atoms with E-state index in [1.54, 1.807) is 30.5 Å². The summed E-state index contributed by atoms with van der Waals surface area (Å²) in [5, 5.41) is 11.6. The molecular weight excluding hydrogens is 338 g/mol. The van der Waals surface area contributed by atoms with Crippen molar-refractivity contribution in [2.75, 3.05) is 16.8 Å². The van der Waals surface area contributed by atoms with Crippen molar-refractivity contribution >= 4 is 17.4 Å². The first-order valence-electron chi connectivity index (χ1n) is 8.68. The van der Waals surface area contributed by atoms with Crippen LogP contribution >= 0.6 is 0 Å². The average molecular weight is 355 g/mol. The Kier molecular flexibility index (Phi) is 4.50. The molecule has 1 amide bonds. The van der Waals surface area contributed by atoms with Crippen molar-refractivity contribution in [2.24, 2.45) is 0 Å². The number of nitrogens with zero attached hydrogens (tertiary/aromatic N) is 4. The Labute approximate surface area is 157 Å². The van der Waals surface area contributed by atoms with Crippen LogP contribution in [0.4, 0.5) is 11.5 Å². The van der Waals surface area contributed by atoms with E-state index in [1.165, 1.54) is 17.3 Å². The van der Waals surface area contributed by atoms with E-state index in [9.17, 15) is 4.79 Å². The van der Waals surface area contributed by atoms with Gasteiger partial charge in [-0.3, -0.25) is 4.79 Å². The quantitative estimate of drug-likeness (QED) is 0.780. The zero-order chi connectivity index (χ0) is 18.6. The number of carbonyl (C=O) groups excluding carboxylic acids is 1. The lowest BCUT2D eigenvalue weighted by Gasteiger charge is -2.29. The molecule has 0 aliphatic carbocycles. The van der Waals surface area contributed by atoms with Gasteiger partial charge in [-0.15, -0.1) is 0 Å². The zero-order valence-electron chi connectivity index (χ0n) is 14.6. The van der Waals surface area contributed by atoms with Crippen LogP contribution in [0, 0.1) is 11.3 Å². The molecule has 0 spiro atoms. The fourth-order valence-electron chi connectivity index (χ4n) is 3.12. The number of nitrogens with one attached hydrogen (secondary N) is 1. The Hall–Kier alpha value is -3.72. The minimum absolute atomic E-state index is 0.250. The van der Waals surface area contributed by atoms with E-state index in [0.717, 1.165) is 25.3 Å². The van der Waals surface area contributed by atoms with Gasteiger partial charge in [-0.2, -0.15) is 5.26 Å². The maximum atomic E-state index is 12.3. The first kappa shape index (κ1) is 16.7. The van der Waals surface area contributed by atoms with Crippen LogP contribution in [-0.2, 0) is 13.0 Å². The number of benzene rings is 2. The molecule has 4 rings (SSSR count). The lowest BCUT2D eigenvalue weighted by atomic mass is 10.0. The smallest absolute Gasteiger partial charge is 0.275 e. The first-order valence-corrected chi connectivity index (χ1v) is 8.68. The Morgan fingerprint density at radius 3 is 2.52 bits per heavy atom. The molecule has 0 unspecified atom stereocenters. The van der Waals surface area contributed by atoms with Gasteiger partial charge in [0.15, 0.2) is 0 Å². The van der Waals surface area contributed by atoms with Crippen LogP contribution in [0.2, 0.25) is 0 Å². The van der Waals surface area contributed by atoms with Crippen molar-refractivity contribution in [3.63, 3.8) is 0 Å². The highest BCUT2D eigenvalue weighted by atomic mass is 16.1. The summed E-state index contributed by atoms with van der Waals surface area (Å²) in [4.78, 5) is 23.2. The van der Waals surface area contributed by atoms with E-state index < -0.39 is 0 Å². The molecule has 1 N–H and O–H groups in total. The topological polar surface area (TPSA) is 81.9 Å². The monoisotopic (exact) mass is 355 g/mol. The van der Waals surface area contributed by atoms with E-state index in [1.807, 2.05) is 12.1 Å². The van der Waals surface area contributed by atoms with Crippen LogP contribution in [0.3, 0.4) is 0 Å². The number of fused-ring (bicyclic) bond motifs is 1. The summed E-state index contributed by atoms with van der Waals surface area (Å²) in [6, 6.07) is 17.1. The minimum atomic E-state index is -0.331. The third-order valence-electron chi connectivity index (χ3n) is 4.60. The molecule has 0 saturated carbocycles. The molecule has 6 heteroatoms. The number of amides is 1. The van der Waals surface area contributed by atoms with E-state index in [-0.39, 0.29) is 11.6 Å². The van der Waals surface area contributed by atoms with Crippen LogP contribution < -0.4 is 10.2 Å². The largest absolute Gasteiger partial charge is 0.351 e. The van der Waals surface area contributed by atoms with Crippen molar-refractivity contribution in [2.45, 2.75) is 13.0 Å². The van der Waals surface area contributed by atoms with E-state index in [0.29, 0.717) is 11.3 Å². The zero-order valence-corrected chi connectivity index (χ0v) is 14.6. The lowest BCUT2D eigenvalue weighted by Crippen LogP contribution is -2.31. The standard InChI is InChI=1S/C21H17N5O/c22-11-15-5-7-18(8-6-15)25-21(27)19-12-24-20(13-23-19)26-10-9-16-3-1-2-4-17(16)14-26/h1-8,12-13H,9-10,14H2,(H,25,27). The van der Waals surface area contributed by atoms with Crippen molar-refractivity contribution < 1.29 is 4.79 Å². The summed E-state index contributed by atoms with van der Waals surface area (Å²) in [6.45, 7) is 1.67. The fraction of sp³-hybridized carbons (Fsp3) is 0.143. The summed E-state index contributed by atoms with van der Waals surface area (Å²) in [5.41, 5.74) is 4.08. The summed E-state index contributed by atoms with van der Waals surface area (Å²) >= 11 is 0. The Balaban J connectivity index is 1.44. The van der Waals surface area contributed by atoms with Gasteiger partial charge in [-0.05, 0) is 41.8 Å². The molecule has 0 bridgehead atoms. The summed E-state index contributed by atoms with van der Waals surface area (Å²) in [7, 11) is 0. The molecule has 132 valence electrons. The highest BCUT2D eigenvalue weighted by molar-refractivity contribution is 6.02. The molecule has 6 nitrogen and oxygen atoms in total. The number of nitriles is 1. The number of hydrogen-bond acceptors (Lipinski definition) is 5. The number of carbonyl (C=O) groups is 1. The number of hydrogen-bond donors (Lipinski definition) is 1. The van der Waals surface area contributed by atoms with Crippen LogP contribution in [-0.4, -0.2) is 22.4 Å². The van der Waals surface area contributed by atoms with Gasteiger partial charge in [0.1, 0.15) is 11.5 Å². The third-order valence-corrected chi connectivity index (χ3v) is 4.60. The van der Waals surface area contributed by atoms with Gasteiger partial charge in [0.2, 0.25) is 0 Å². The van der Waals surface area contributed by atoms with Gasteiger partial charge in [0.25, 0.3) is 5.91 Å². The predicted octanol–water partition coefficient (Wildman–Crippen LogP) is 3.16. The summed E-state index contributed by atoms with van der Waals surface area (Å²) in [6.07, 6.45) is 4.11. The Morgan fingerprint density at radius 2 is 1.81 bits per heavy atom. The Morgan fingerprint density at radius 1 is 1.04 bits per heavy atom. The van der Waals surface area contributed by atoms with Gasteiger partial charge in [0.05, 0.1) is 24.0 Å². The maximum absolute atomic E-state index is 12.3. The van der Waals surface area contributed by atoms with Crippen LogP contribution in [0.1, 0.15) is 27.2 Å². The van der Waals surface area contributed by atoms with Gasteiger partial charge in [0, 0.05) is 18.8 Å². The fourth-order valence-corrected chi connectivity index (χ4v) is 3.12. The highest BCUT2D eigenvalue weighted by Crippen LogP contribution is 2.22. The van der Waals surface area contributed by atoms with Gasteiger partial charge >= 0.3 is 0 Å². The summed E-state index contributed by atoms with van der Waals surface area (Å²) in [5.74, 6) is 0.433. The van der Waals surface area contributed by atoms with E-state index >= 15 is 0 Å². The van der Waals surface area contributed by atoms with Crippen molar-refractivity contribution in [1.82, 2.24) is 9.97 Å². The van der Waals surface area contributed by atoms with E-state index in [2.05, 4.69) is 38.4 Å². The molecule has 2 heterocycles. The molecule has 27 heavy (non-hydrogen) atoms. The highest BCUT2D eigenvalue weighted by Gasteiger charge is 2.18. The minimum Gasteiger partial charge on any atom is -0.351 e. The number of anilines is 2. The normalized spacial score (nSPS) is 12.8. The molecule has 2 aromatic carbocycles. The van der Waals surface area contributed by atoms with E-state index in [4.69, 9.17) is 5.26 Å². The predicted molar refractivity (Wildman–Crippen MR) is 102 cm³/mol. The maximum Gasteiger partial charge on any atom is 0.275 e. The van der Waals surface area contributed by atoms with Gasteiger partial charge in [-0.25, -0.2) is 9.97 Å². The molecular formula is C21H17N5O. The molecule has 1 aliphatic rings. The van der Waals surface area contributed by atoms with Crippen molar-refractivity contribution in [3.05, 3.63) is 83.3 Å². The second-order valence-electron chi connectivity index (χ2n) is 6.34. The van der Waals surface area contributed by atoms with Crippen LogP contribution in [0.5, 0.6) is 0 Å². The van der Waals surface area contributed by atoms with Gasteiger partial charge < -0.3 is 10.2 Å². The second kappa shape index (κ2) is 7.26. The lowest BCUT2D eigenvalue weighted by molar-refractivity contribution is 0.102. The Bertz CT molecular complexity index is 1010. The third kappa shape index (κ3) is 3.62. The first-order chi connectivity index (χ1) is 13.2. The van der Waals surface area contributed by atoms with Crippen molar-refractivity contribution in [1.29, 1.82) is 5.26 Å². The molecule has 0 atom stereocenters. The second-order valence-corrected chi connectivity index (χ2v) is 6.34. The van der Waals surface area contributed by atoms with Crippen LogP contribution in [0.15, 0.2) is 60.9 Å².